The minimum Gasteiger partial charge on any atom is -0.490 e. The number of nitrogens with two attached hydrogens (primary N) is 1. The molecule has 0 heterocycles. The van der Waals surface area contributed by atoms with Gasteiger partial charge in [0.1, 0.15) is 19.0 Å². The van der Waals surface area contributed by atoms with Gasteiger partial charge >= 0.3 is 5.97 Å². The summed E-state index contributed by atoms with van der Waals surface area (Å²) in [5, 5.41) is 0. The molecule has 0 saturated heterocycles. The van der Waals surface area contributed by atoms with Gasteiger partial charge < -0.3 is 15.2 Å². The van der Waals surface area contributed by atoms with Crippen molar-refractivity contribution in [3.63, 3.8) is 0 Å². The number of ether oxygens (including phenoxy) is 2. The molecule has 0 spiro atoms. The molecule has 2 aromatic rings. The van der Waals surface area contributed by atoms with Crippen LogP contribution in [-0.4, -0.2) is 19.2 Å². The van der Waals surface area contributed by atoms with Crippen molar-refractivity contribution < 1.29 is 14.3 Å². The highest BCUT2D eigenvalue weighted by Gasteiger charge is 2.10. The van der Waals surface area contributed by atoms with E-state index in [1.807, 2.05) is 37.3 Å². The predicted octanol–water partition coefficient (Wildman–Crippen LogP) is 2.81. The van der Waals surface area contributed by atoms with Gasteiger partial charge in [-0.1, -0.05) is 24.3 Å². The van der Waals surface area contributed by atoms with E-state index < -0.39 is 0 Å². The van der Waals surface area contributed by atoms with E-state index in [4.69, 9.17) is 15.2 Å². The predicted molar refractivity (Wildman–Crippen MR) is 77.8 cm³/mol. The first kappa shape index (κ1) is 13.9. The van der Waals surface area contributed by atoms with Crippen LogP contribution < -0.4 is 10.5 Å². The van der Waals surface area contributed by atoms with Gasteiger partial charge in [0, 0.05) is 5.69 Å². The van der Waals surface area contributed by atoms with Crippen molar-refractivity contribution in [3.05, 3.63) is 59.7 Å². The lowest BCUT2D eigenvalue weighted by Gasteiger charge is -2.09. The molecule has 4 nitrogen and oxygen atoms in total. The van der Waals surface area contributed by atoms with Crippen molar-refractivity contribution in [1.29, 1.82) is 0 Å². The maximum absolute atomic E-state index is 11.9. The lowest BCUT2D eigenvalue weighted by atomic mass is 10.1. The summed E-state index contributed by atoms with van der Waals surface area (Å²) in [5.41, 5.74) is 7.54. The SMILES string of the molecule is Cc1ccc(N)cc1C(=O)OCCOc1ccccc1. The Kier molecular flexibility index (Phi) is 4.60. The number of anilines is 1. The molecule has 0 aromatic heterocycles. The molecular weight excluding hydrogens is 254 g/mol. The van der Waals surface area contributed by atoms with Gasteiger partial charge in [-0.25, -0.2) is 4.79 Å². The smallest absolute Gasteiger partial charge is 0.338 e. The quantitative estimate of drug-likeness (QED) is 0.516. The maximum Gasteiger partial charge on any atom is 0.338 e. The van der Waals surface area contributed by atoms with Crippen LogP contribution in [0.1, 0.15) is 15.9 Å². The normalized spacial score (nSPS) is 10.1. The summed E-state index contributed by atoms with van der Waals surface area (Å²) in [5.74, 6) is 0.371. The molecule has 4 heteroatoms. The van der Waals surface area contributed by atoms with E-state index in [-0.39, 0.29) is 12.6 Å². The summed E-state index contributed by atoms with van der Waals surface area (Å²) in [6.45, 7) is 2.36. The average molecular weight is 271 g/mol. The molecule has 0 bridgehead atoms. The number of rotatable bonds is 5. The Hall–Kier alpha value is -2.49. The zero-order valence-electron chi connectivity index (χ0n) is 11.3. The monoisotopic (exact) mass is 271 g/mol. The van der Waals surface area contributed by atoms with Gasteiger partial charge in [0.05, 0.1) is 5.56 Å². The minimum atomic E-state index is -0.383. The van der Waals surface area contributed by atoms with Gasteiger partial charge in [-0.3, -0.25) is 0 Å². The van der Waals surface area contributed by atoms with Crippen LogP contribution in [-0.2, 0) is 4.74 Å². The zero-order valence-corrected chi connectivity index (χ0v) is 11.3. The third kappa shape index (κ3) is 3.75. The first-order valence-electron chi connectivity index (χ1n) is 6.38. The summed E-state index contributed by atoms with van der Waals surface area (Å²) in [6.07, 6.45) is 0. The largest absolute Gasteiger partial charge is 0.490 e. The first-order valence-corrected chi connectivity index (χ1v) is 6.38. The molecule has 0 unspecified atom stereocenters. The van der Waals surface area contributed by atoms with Gasteiger partial charge in [0.2, 0.25) is 0 Å². The lowest BCUT2D eigenvalue weighted by Crippen LogP contribution is -2.13. The molecular formula is C16H17NO3. The maximum atomic E-state index is 11.9. The Bertz CT molecular complexity index is 582. The third-order valence-electron chi connectivity index (χ3n) is 2.81. The summed E-state index contributed by atoms with van der Waals surface area (Å²) >= 11 is 0. The number of aryl methyl sites for hydroxylation is 1. The Morgan fingerprint density at radius 3 is 2.60 bits per heavy atom. The van der Waals surface area contributed by atoms with Gasteiger partial charge in [-0.05, 0) is 36.8 Å². The van der Waals surface area contributed by atoms with E-state index in [1.54, 1.807) is 18.2 Å². The van der Waals surface area contributed by atoms with Crippen molar-refractivity contribution in [2.24, 2.45) is 0 Å². The Morgan fingerprint density at radius 2 is 1.85 bits per heavy atom. The molecule has 20 heavy (non-hydrogen) atoms. The first-order chi connectivity index (χ1) is 9.66. The highest BCUT2D eigenvalue weighted by molar-refractivity contribution is 5.92. The van der Waals surface area contributed by atoms with Crippen LogP contribution in [0.2, 0.25) is 0 Å². The van der Waals surface area contributed by atoms with Crippen LogP contribution in [0, 0.1) is 6.92 Å². The van der Waals surface area contributed by atoms with Gasteiger partial charge in [-0.15, -0.1) is 0 Å². The summed E-state index contributed by atoms with van der Waals surface area (Å²) in [4.78, 5) is 11.9. The molecule has 0 aliphatic rings. The second-order valence-electron chi connectivity index (χ2n) is 4.37. The molecule has 2 rings (SSSR count). The molecule has 0 amide bonds. The van der Waals surface area contributed by atoms with Crippen LogP contribution in [0.25, 0.3) is 0 Å². The van der Waals surface area contributed by atoms with E-state index in [9.17, 15) is 4.79 Å². The summed E-state index contributed by atoms with van der Waals surface area (Å²) in [6, 6.07) is 14.6. The van der Waals surface area contributed by atoms with Crippen LogP contribution in [0.3, 0.4) is 0 Å². The molecule has 0 saturated carbocycles. The van der Waals surface area contributed by atoms with Gasteiger partial charge in [0.15, 0.2) is 0 Å². The van der Waals surface area contributed by atoms with Gasteiger partial charge in [0.25, 0.3) is 0 Å². The molecule has 0 aliphatic carbocycles. The molecule has 0 aliphatic heterocycles. The number of carbonyl (C=O) groups excluding carboxylic acids is 1. The molecule has 0 atom stereocenters. The highest BCUT2D eigenvalue weighted by Crippen LogP contribution is 2.14. The van der Waals surface area contributed by atoms with Crippen molar-refractivity contribution in [2.75, 3.05) is 18.9 Å². The fourth-order valence-corrected chi connectivity index (χ4v) is 1.75. The Balaban J connectivity index is 1.82. The van der Waals surface area contributed by atoms with E-state index in [1.165, 1.54) is 0 Å². The summed E-state index contributed by atoms with van der Waals surface area (Å²) in [7, 11) is 0. The molecule has 104 valence electrons. The van der Waals surface area contributed by atoms with Crippen LogP contribution in [0.4, 0.5) is 5.69 Å². The number of hydrogen-bond acceptors (Lipinski definition) is 4. The number of benzene rings is 2. The lowest BCUT2D eigenvalue weighted by molar-refractivity contribution is 0.0449. The van der Waals surface area contributed by atoms with E-state index >= 15 is 0 Å². The van der Waals surface area contributed by atoms with Crippen molar-refractivity contribution in [1.82, 2.24) is 0 Å². The number of esters is 1. The number of carbonyl (C=O) groups is 1. The van der Waals surface area contributed by atoms with Gasteiger partial charge in [-0.2, -0.15) is 0 Å². The average Bonchev–Trinajstić information content (AvgIpc) is 2.47. The standard InChI is InChI=1S/C16H17NO3/c1-12-7-8-13(17)11-15(12)16(18)20-10-9-19-14-5-3-2-4-6-14/h2-8,11H,9-10,17H2,1H3. The minimum absolute atomic E-state index is 0.196. The topological polar surface area (TPSA) is 61.6 Å². The molecule has 0 fully saturated rings. The van der Waals surface area contributed by atoms with E-state index in [0.29, 0.717) is 17.9 Å². The van der Waals surface area contributed by atoms with Crippen LogP contribution in [0.15, 0.2) is 48.5 Å². The Morgan fingerprint density at radius 1 is 1.10 bits per heavy atom. The van der Waals surface area contributed by atoms with Crippen molar-refractivity contribution in [3.8, 4) is 5.75 Å². The second kappa shape index (κ2) is 6.61. The van der Waals surface area contributed by atoms with Crippen molar-refractivity contribution in [2.45, 2.75) is 6.92 Å². The second-order valence-corrected chi connectivity index (χ2v) is 4.37. The fraction of sp³-hybridized carbons (Fsp3) is 0.188. The Labute approximate surface area is 118 Å². The number of nitrogen functional groups attached to an aromatic ring is 1. The number of para-hydroxylation sites is 1. The van der Waals surface area contributed by atoms with Crippen LogP contribution in [0.5, 0.6) is 5.75 Å². The van der Waals surface area contributed by atoms with Crippen molar-refractivity contribution >= 4 is 11.7 Å². The van der Waals surface area contributed by atoms with E-state index in [2.05, 4.69) is 0 Å². The third-order valence-corrected chi connectivity index (χ3v) is 2.81. The molecule has 0 radical (unpaired) electrons. The molecule has 2 aromatic carbocycles. The highest BCUT2D eigenvalue weighted by atomic mass is 16.6. The summed E-state index contributed by atoms with van der Waals surface area (Å²) < 4.78 is 10.6. The number of hydrogen-bond donors (Lipinski definition) is 1. The fourth-order valence-electron chi connectivity index (χ4n) is 1.75. The van der Waals surface area contributed by atoms with Crippen LogP contribution >= 0.6 is 0 Å². The molecule has 2 N–H and O–H groups in total. The zero-order chi connectivity index (χ0) is 14.4. The van der Waals surface area contributed by atoms with E-state index in [0.717, 1.165) is 11.3 Å².